The van der Waals surface area contributed by atoms with Gasteiger partial charge in [-0.1, -0.05) is 18.2 Å². The van der Waals surface area contributed by atoms with E-state index in [1.807, 2.05) is 18.2 Å². The zero-order chi connectivity index (χ0) is 14.9. The highest BCUT2D eigenvalue weighted by Gasteiger charge is 2.18. The van der Waals surface area contributed by atoms with Crippen LogP contribution in [0.1, 0.15) is 12.0 Å². The number of aromatic nitrogens is 3. The molecule has 5 nitrogen and oxygen atoms in total. The Morgan fingerprint density at radius 2 is 2.00 bits per heavy atom. The van der Waals surface area contributed by atoms with E-state index >= 15 is 0 Å². The number of hydrazine groups is 1. The van der Waals surface area contributed by atoms with Crippen LogP contribution in [0, 0.1) is 0 Å². The first kappa shape index (κ1) is 13.3. The molecule has 0 radical (unpaired) electrons. The van der Waals surface area contributed by atoms with Gasteiger partial charge in [0.25, 0.3) is 0 Å². The van der Waals surface area contributed by atoms with Crippen molar-refractivity contribution in [2.24, 2.45) is 0 Å². The van der Waals surface area contributed by atoms with Crippen LogP contribution in [0.3, 0.4) is 0 Å². The Labute approximate surface area is 133 Å². The van der Waals surface area contributed by atoms with Gasteiger partial charge in [-0.2, -0.15) is 4.98 Å². The van der Waals surface area contributed by atoms with Crippen molar-refractivity contribution in [2.45, 2.75) is 12.8 Å². The van der Waals surface area contributed by atoms with Gasteiger partial charge in [-0.3, -0.25) is 15.4 Å². The maximum atomic E-state index is 6.03. The summed E-state index contributed by atoms with van der Waals surface area (Å²) in [5, 5.41) is 2.32. The largest absolute Gasteiger partial charge is 0.286 e. The summed E-state index contributed by atoms with van der Waals surface area (Å²) in [6.07, 6.45) is 3.92. The quantitative estimate of drug-likeness (QED) is 0.735. The van der Waals surface area contributed by atoms with Gasteiger partial charge in [0.2, 0.25) is 5.28 Å². The summed E-state index contributed by atoms with van der Waals surface area (Å²) in [6.45, 7) is 0.910. The molecular formula is C16H14ClN5. The number of halogens is 1. The Kier molecular flexibility index (Phi) is 3.27. The second-order valence-corrected chi connectivity index (χ2v) is 5.55. The molecule has 0 aliphatic carbocycles. The molecule has 4 rings (SSSR count). The molecule has 110 valence electrons. The smallest absolute Gasteiger partial charge is 0.225 e. The van der Waals surface area contributed by atoms with Gasteiger partial charge in [0.1, 0.15) is 5.52 Å². The fourth-order valence-corrected chi connectivity index (χ4v) is 2.97. The van der Waals surface area contributed by atoms with Crippen LogP contribution in [-0.2, 0) is 6.42 Å². The van der Waals surface area contributed by atoms with Crippen LogP contribution in [0.15, 0.2) is 42.6 Å². The minimum absolute atomic E-state index is 0.216. The van der Waals surface area contributed by atoms with E-state index in [-0.39, 0.29) is 5.28 Å². The maximum absolute atomic E-state index is 6.03. The predicted octanol–water partition coefficient (Wildman–Crippen LogP) is 3.46. The van der Waals surface area contributed by atoms with Gasteiger partial charge in [0.05, 0.1) is 11.2 Å². The third kappa shape index (κ3) is 2.33. The Morgan fingerprint density at radius 3 is 2.95 bits per heavy atom. The van der Waals surface area contributed by atoms with Crippen molar-refractivity contribution in [3.05, 3.63) is 53.4 Å². The summed E-state index contributed by atoms with van der Waals surface area (Å²) in [5.41, 5.74) is 7.31. The van der Waals surface area contributed by atoms with E-state index in [0.29, 0.717) is 5.82 Å². The molecule has 0 bridgehead atoms. The SMILES string of the molecule is Clc1nc(NN2CCCc3ccccc32)c2ncccc2n1. The Bertz CT molecular complexity index is 836. The third-order valence-corrected chi connectivity index (χ3v) is 3.95. The molecule has 0 saturated carbocycles. The molecule has 22 heavy (non-hydrogen) atoms. The molecule has 0 unspecified atom stereocenters. The van der Waals surface area contributed by atoms with Crippen molar-refractivity contribution < 1.29 is 0 Å². The summed E-state index contributed by atoms with van der Waals surface area (Å²) in [5.74, 6) is 0.632. The van der Waals surface area contributed by atoms with Crippen LogP contribution >= 0.6 is 11.6 Å². The first-order valence-corrected chi connectivity index (χ1v) is 7.59. The predicted molar refractivity (Wildman–Crippen MR) is 88.1 cm³/mol. The van der Waals surface area contributed by atoms with Crippen LogP contribution in [0.4, 0.5) is 11.5 Å². The summed E-state index contributed by atoms with van der Waals surface area (Å²) in [7, 11) is 0. The number of para-hydroxylation sites is 1. The van der Waals surface area contributed by atoms with Gasteiger partial charge in [-0.05, 0) is 48.2 Å². The normalized spacial score (nSPS) is 14.0. The fraction of sp³-hybridized carbons (Fsp3) is 0.188. The van der Waals surface area contributed by atoms with Crippen LogP contribution in [0.25, 0.3) is 11.0 Å². The van der Waals surface area contributed by atoms with Crippen molar-refractivity contribution in [1.29, 1.82) is 0 Å². The molecule has 0 saturated heterocycles. The van der Waals surface area contributed by atoms with Gasteiger partial charge in [0.15, 0.2) is 5.82 Å². The minimum Gasteiger partial charge on any atom is -0.286 e. The average Bonchev–Trinajstić information content (AvgIpc) is 2.55. The molecule has 1 aromatic carbocycles. The number of pyridine rings is 1. The molecule has 3 heterocycles. The van der Waals surface area contributed by atoms with E-state index in [1.54, 1.807) is 6.20 Å². The summed E-state index contributed by atoms with van der Waals surface area (Å²) in [4.78, 5) is 12.9. The van der Waals surface area contributed by atoms with E-state index in [2.05, 4.69) is 43.6 Å². The highest BCUT2D eigenvalue weighted by Crippen LogP contribution is 2.28. The van der Waals surface area contributed by atoms with E-state index in [4.69, 9.17) is 11.6 Å². The van der Waals surface area contributed by atoms with Crippen LogP contribution in [0.5, 0.6) is 0 Å². The Morgan fingerprint density at radius 1 is 1.09 bits per heavy atom. The number of fused-ring (bicyclic) bond motifs is 2. The van der Waals surface area contributed by atoms with Crippen molar-refractivity contribution in [2.75, 3.05) is 17.0 Å². The first-order chi connectivity index (χ1) is 10.8. The minimum atomic E-state index is 0.216. The van der Waals surface area contributed by atoms with Crippen LogP contribution in [-0.4, -0.2) is 21.5 Å². The standard InChI is InChI=1S/C16H14ClN5/c17-16-19-12-7-3-9-18-14(12)15(20-16)21-22-10-4-6-11-5-1-2-8-13(11)22/h1-3,5,7-9H,4,6,10H2,(H,19,20,21). The van der Waals surface area contributed by atoms with Gasteiger partial charge >= 0.3 is 0 Å². The molecule has 1 N–H and O–H groups in total. The van der Waals surface area contributed by atoms with Gasteiger partial charge < -0.3 is 0 Å². The number of aryl methyl sites for hydroxylation is 1. The van der Waals surface area contributed by atoms with Crippen LogP contribution < -0.4 is 10.4 Å². The molecule has 6 heteroatoms. The highest BCUT2D eigenvalue weighted by molar-refractivity contribution is 6.28. The molecule has 1 aliphatic heterocycles. The second-order valence-electron chi connectivity index (χ2n) is 5.21. The second kappa shape index (κ2) is 5.42. The number of benzene rings is 1. The van der Waals surface area contributed by atoms with Gasteiger partial charge in [0, 0.05) is 12.7 Å². The number of nitrogens with zero attached hydrogens (tertiary/aromatic N) is 4. The molecule has 0 atom stereocenters. The van der Waals surface area contributed by atoms with E-state index in [0.717, 1.165) is 30.4 Å². The monoisotopic (exact) mass is 311 g/mol. The third-order valence-electron chi connectivity index (χ3n) is 3.78. The highest BCUT2D eigenvalue weighted by atomic mass is 35.5. The lowest BCUT2D eigenvalue weighted by molar-refractivity contribution is 0.737. The number of hydrogen-bond acceptors (Lipinski definition) is 5. The van der Waals surface area contributed by atoms with Crippen LogP contribution in [0.2, 0.25) is 5.28 Å². The lowest BCUT2D eigenvalue weighted by Gasteiger charge is -2.31. The maximum Gasteiger partial charge on any atom is 0.225 e. The summed E-state index contributed by atoms with van der Waals surface area (Å²) >= 11 is 6.03. The van der Waals surface area contributed by atoms with E-state index in [9.17, 15) is 0 Å². The van der Waals surface area contributed by atoms with E-state index in [1.165, 1.54) is 11.3 Å². The molecule has 0 fully saturated rings. The lowest BCUT2D eigenvalue weighted by atomic mass is 10.0. The number of hydrogen-bond donors (Lipinski definition) is 1. The molecule has 2 aromatic heterocycles. The molecular weight excluding hydrogens is 298 g/mol. The number of nitrogens with one attached hydrogen (secondary N) is 1. The van der Waals surface area contributed by atoms with Crippen molar-refractivity contribution >= 4 is 34.1 Å². The van der Waals surface area contributed by atoms with Crippen molar-refractivity contribution in [3.63, 3.8) is 0 Å². The topological polar surface area (TPSA) is 53.9 Å². The van der Waals surface area contributed by atoms with Crippen molar-refractivity contribution in [3.8, 4) is 0 Å². The van der Waals surface area contributed by atoms with Gasteiger partial charge in [-0.15, -0.1) is 0 Å². The average molecular weight is 312 g/mol. The number of rotatable bonds is 2. The molecule has 3 aromatic rings. The summed E-state index contributed by atoms with van der Waals surface area (Å²) < 4.78 is 0. The molecule has 0 amide bonds. The first-order valence-electron chi connectivity index (χ1n) is 7.21. The molecule has 0 spiro atoms. The number of anilines is 2. The van der Waals surface area contributed by atoms with Crippen molar-refractivity contribution in [1.82, 2.24) is 15.0 Å². The zero-order valence-corrected chi connectivity index (χ0v) is 12.6. The lowest BCUT2D eigenvalue weighted by Crippen LogP contribution is -2.35. The Hall–Kier alpha value is -2.40. The summed E-state index contributed by atoms with van der Waals surface area (Å²) in [6, 6.07) is 12.1. The van der Waals surface area contributed by atoms with Gasteiger partial charge in [-0.25, -0.2) is 4.98 Å². The van der Waals surface area contributed by atoms with E-state index < -0.39 is 0 Å². The Balaban J connectivity index is 1.76. The fourth-order valence-electron chi connectivity index (χ4n) is 2.79. The zero-order valence-electron chi connectivity index (χ0n) is 11.8. The molecule has 1 aliphatic rings.